The Balaban J connectivity index is 2.07. The first-order valence-corrected chi connectivity index (χ1v) is 6.39. The van der Waals surface area contributed by atoms with Crippen LogP contribution < -0.4 is 5.73 Å². The van der Waals surface area contributed by atoms with Crippen LogP contribution in [-0.4, -0.2) is 9.78 Å². The van der Waals surface area contributed by atoms with Crippen molar-refractivity contribution in [3.05, 3.63) is 39.8 Å². The van der Waals surface area contributed by atoms with E-state index in [1.165, 1.54) is 16.0 Å². The summed E-state index contributed by atoms with van der Waals surface area (Å²) in [5.41, 5.74) is 8.70. The molecule has 0 amide bonds. The normalized spacial score (nSPS) is 12.9. The van der Waals surface area contributed by atoms with Gasteiger partial charge in [-0.05, 0) is 42.8 Å². The lowest BCUT2D eigenvalue weighted by Crippen LogP contribution is -2.12. The van der Waals surface area contributed by atoms with E-state index in [0.29, 0.717) is 0 Å². The van der Waals surface area contributed by atoms with Gasteiger partial charge < -0.3 is 5.73 Å². The van der Waals surface area contributed by atoms with Gasteiger partial charge in [0.25, 0.3) is 0 Å². The molecule has 0 spiro atoms. The predicted molar refractivity (Wildman–Crippen MR) is 67.6 cm³/mol. The van der Waals surface area contributed by atoms with Crippen LogP contribution in [0.1, 0.15) is 29.0 Å². The lowest BCUT2D eigenvalue weighted by atomic mass is 10.1. The number of thiophene rings is 1. The Morgan fingerprint density at radius 1 is 1.56 bits per heavy atom. The molecule has 0 radical (unpaired) electrons. The summed E-state index contributed by atoms with van der Waals surface area (Å²) in [5.74, 6) is 0. The van der Waals surface area contributed by atoms with E-state index in [4.69, 9.17) is 5.73 Å². The zero-order chi connectivity index (χ0) is 11.5. The summed E-state index contributed by atoms with van der Waals surface area (Å²) in [6, 6.07) is 2.21. The molecular formula is C12H17N3S. The number of nitrogens with two attached hydrogens (primary N) is 1. The van der Waals surface area contributed by atoms with Gasteiger partial charge in [0.05, 0.1) is 6.20 Å². The van der Waals surface area contributed by atoms with Gasteiger partial charge in [0, 0.05) is 23.7 Å². The zero-order valence-corrected chi connectivity index (χ0v) is 10.5. The topological polar surface area (TPSA) is 43.8 Å². The molecule has 2 heterocycles. The lowest BCUT2D eigenvalue weighted by molar-refractivity contribution is 0.657. The van der Waals surface area contributed by atoms with Crippen molar-refractivity contribution in [2.75, 3.05) is 0 Å². The highest BCUT2D eigenvalue weighted by atomic mass is 32.1. The van der Waals surface area contributed by atoms with Crippen molar-refractivity contribution in [1.29, 1.82) is 0 Å². The molecule has 2 aromatic heterocycles. The highest BCUT2D eigenvalue weighted by molar-refractivity contribution is 7.10. The van der Waals surface area contributed by atoms with Crippen LogP contribution in [0.3, 0.4) is 0 Å². The molecule has 0 aromatic carbocycles. The van der Waals surface area contributed by atoms with Crippen molar-refractivity contribution in [3.63, 3.8) is 0 Å². The molecule has 0 aliphatic heterocycles. The Bertz CT molecular complexity index is 458. The maximum Gasteiger partial charge on any atom is 0.0522 e. The summed E-state index contributed by atoms with van der Waals surface area (Å²) >= 11 is 1.74. The first kappa shape index (κ1) is 11.4. The number of hydrogen-bond donors (Lipinski definition) is 1. The SMILES string of the molecule is CCn1cc(CC(N)c2sccc2C)cn1. The Kier molecular flexibility index (Phi) is 3.41. The fourth-order valence-corrected chi connectivity index (χ4v) is 2.73. The summed E-state index contributed by atoms with van der Waals surface area (Å²) in [7, 11) is 0. The van der Waals surface area contributed by atoms with Gasteiger partial charge in [0.2, 0.25) is 0 Å². The Morgan fingerprint density at radius 2 is 2.38 bits per heavy atom. The van der Waals surface area contributed by atoms with Crippen LogP contribution in [0.15, 0.2) is 23.8 Å². The van der Waals surface area contributed by atoms with Crippen molar-refractivity contribution in [2.45, 2.75) is 32.9 Å². The number of aromatic nitrogens is 2. The van der Waals surface area contributed by atoms with Gasteiger partial charge in [-0.15, -0.1) is 11.3 Å². The lowest BCUT2D eigenvalue weighted by Gasteiger charge is -2.09. The van der Waals surface area contributed by atoms with Gasteiger partial charge in [-0.2, -0.15) is 5.10 Å². The first-order chi connectivity index (χ1) is 7.70. The third-order valence-electron chi connectivity index (χ3n) is 2.70. The molecule has 16 heavy (non-hydrogen) atoms. The highest BCUT2D eigenvalue weighted by Crippen LogP contribution is 2.24. The fourth-order valence-electron chi connectivity index (χ4n) is 1.80. The molecule has 0 aliphatic carbocycles. The minimum Gasteiger partial charge on any atom is -0.323 e. The minimum absolute atomic E-state index is 0.0921. The van der Waals surface area contributed by atoms with E-state index in [-0.39, 0.29) is 6.04 Å². The zero-order valence-electron chi connectivity index (χ0n) is 9.68. The van der Waals surface area contributed by atoms with Crippen LogP contribution in [0.2, 0.25) is 0 Å². The van der Waals surface area contributed by atoms with Crippen LogP contribution in [0, 0.1) is 6.92 Å². The van der Waals surface area contributed by atoms with Crippen molar-refractivity contribution < 1.29 is 0 Å². The molecule has 0 fully saturated rings. The molecular weight excluding hydrogens is 218 g/mol. The molecule has 1 atom stereocenters. The van der Waals surface area contributed by atoms with Crippen LogP contribution in [0.4, 0.5) is 0 Å². The highest BCUT2D eigenvalue weighted by Gasteiger charge is 2.12. The van der Waals surface area contributed by atoms with Crippen molar-refractivity contribution in [3.8, 4) is 0 Å². The van der Waals surface area contributed by atoms with E-state index in [2.05, 4.69) is 36.6 Å². The number of hydrogen-bond acceptors (Lipinski definition) is 3. The molecule has 0 bridgehead atoms. The third kappa shape index (κ3) is 2.33. The molecule has 2 rings (SSSR count). The van der Waals surface area contributed by atoms with Gasteiger partial charge in [-0.1, -0.05) is 0 Å². The molecule has 2 aromatic rings. The third-order valence-corrected chi connectivity index (χ3v) is 3.86. The van der Waals surface area contributed by atoms with Crippen LogP contribution >= 0.6 is 11.3 Å². The standard InChI is InChI=1S/C12H17N3S/c1-3-15-8-10(7-14-15)6-11(13)12-9(2)4-5-16-12/h4-5,7-8,11H,3,6,13H2,1-2H3. The monoisotopic (exact) mass is 235 g/mol. The molecule has 1 unspecified atom stereocenters. The van der Waals surface area contributed by atoms with Crippen molar-refractivity contribution in [1.82, 2.24) is 9.78 Å². The summed E-state index contributed by atoms with van der Waals surface area (Å²) in [4.78, 5) is 1.28. The van der Waals surface area contributed by atoms with E-state index in [1.807, 2.05) is 10.9 Å². The van der Waals surface area contributed by atoms with E-state index >= 15 is 0 Å². The first-order valence-electron chi connectivity index (χ1n) is 5.51. The molecule has 3 nitrogen and oxygen atoms in total. The molecule has 2 N–H and O–H groups in total. The Labute approximate surface area is 99.9 Å². The van der Waals surface area contributed by atoms with Gasteiger partial charge in [0.1, 0.15) is 0 Å². The van der Waals surface area contributed by atoms with Gasteiger partial charge in [0.15, 0.2) is 0 Å². The summed E-state index contributed by atoms with van der Waals surface area (Å²) in [6.45, 7) is 5.11. The average Bonchev–Trinajstić information content (AvgIpc) is 2.86. The van der Waals surface area contributed by atoms with Gasteiger partial charge in [-0.3, -0.25) is 4.68 Å². The molecule has 86 valence electrons. The summed E-state index contributed by atoms with van der Waals surface area (Å²) < 4.78 is 1.93. The maximum absolute atomic E-state index is 6.20. The Hall–Kier alpha value is -1.13. The molecule has 0 saturated heterocycles. The fraction of sp³-hybridized carbons (Fsp3) is 0.417. The van der Waals surface area contributed by atoms with Gasteiger partial charge >= 0.3 is 0 Å². The quantitative estimate of drug-likeness (QED) is 0.885. The minimum atomic E-state index is 0.0921. The van der Waals surface area contributed by atoms with Crippen LogP contribution in [0.5, 0.6) is 0 Å². The smallest absolute Gasteiger partial charge is 0.0522 e. The van der Waals surface area contributed by atoms with E-state index < -0.39 is 0 Å². The maximum atomic E-state index is 6.20. The number of nitrogens with zero attached hydrogens (tertiary/aromatic N) is 2. The molecule has 0 aliphatic rings. The van der Waals surface area contributed by atoms with Crippen molar-refractivity contribution >= 4 is 11.3 Å². The molecule has 0 saturated carbocycles. The number of rotatable bonds is 4. The summed E-state index contributed by atoms with van der Waals surface area (Å²) in [6.07, 6.45) is 4.84. The second-order valence-electron chi connectivity index (χ2n) is 3.98. The Morgan fingerprint density at radius 3 is 2.94 bits per heavy atom. The predicted octanol–water partition coefficient (Wildman–Crippen LogP) is 2.52. The van der Waals surface area contributed by atoms with Crippen LogP contribution in [-0.2, 0) is 13.0 Å². The molecule has 4 heteroatoms. The number of aryl methyl sites for hydroxylation is 2. The van der Waals surface area contributed by atoms with E-state index in [0.717, 1.165) is 13.0 Å². The second kappa shape index (κ2) is 4.80. The average molecular weight is 235 g/mol. The van der Waals surface area contributed by atoms with Crippen molar-refractivity contribution in [2.24, 2.45) is 5.73 Å². The second-order valence-corrected chi connectivity index (χ2v) is 4.93. The van der Waals surface area contributed by atoms with Crippen LogP contribution in [0.25, 0.3) is 0 Å². The largest absolute Gasteiger partial charge is 0.323 e. The van der Waals surface area contributed by atoms with E-state index in [1.54, 1.807) is 11.3 Å². The van der Waals surface area contributed by atoms with E-state index in [9.17, 15) is 0 Å². The van der Waals surface area contributed by atoms with Gasteiger partial charge in [-0.25, -0.2) is 0 Å². The summed E-state index contributed by atoms with van der Waals surface area (Å²) in [5, 5.41) is 6.35.